The van der Waals surface area contributed by atoms with Crippen LogP contribution in [0.15, 0.2) is 59.4 Å². The molecule has 2 aromatic heterocycles. The fourth-order valence-corrected chi connectivity index (χ4v) is 4.47. The molecule has 7 nitrogen and oxygen atoms in total. The maximum Gasteiger partial charge on any atom is 0.253 e. The van der Waals surface area contributed by atoms with Gasteiger partial charge in [-0.25, -0.2) is 4.68 Å². The van der Waals surface area contributed by atoms with Gasteiger partial charge in [-0.3, -0.25) is 9.69 Å². The number of aryl methyl sites for hydroxylation is 1. The molecule has 3 heterocycles. The van der Waals surface area contributed by atoms with Gasteiger partial charge in [-0.05, 0) is 77.5 Å². The summed E-state index contributed by atoms with van der Waals surface area (Å²) in [5.41, 5.74) is 3.85. The Balaban J connectivity index is 1.62. The lowest BCUT2D eigenvalue weighted by molar-refractivity contribution is 0.263. The average molecular weight is 415 g/mol. The number of H-pyrrole nitrogens is 1. The number of tetrazole rings is 1. The van der Waals surface area contributed by atoms with Crippen LogP contribution in [0.2, 0.25) is 0 Å². The second kappa shape index (κ2) is 8.43. The highest BCUT2D eigenvalue weighted by Crippen LogP contribution is 2.30. The van der Waals surface area contributed by atoms with Crippen LogP contribution in [0.5, 0.6) is 0 Å². The number of likely N-dealkylation sites (tertiary alicyclic amines) is 1. The van der Waals surface area contributed by atoms with E-state index >= 15 is 0 Å². The molecule has 1 N–H and O–H groups in total. The van der Waals surface area contributed by atoms with Gasteiger partial charge in [0.05, 0.1) is 6.54 Å². The van der Waals surface area contributed by atoms with Gasteiger partial charge in [-0.2, -0.15) is 0 Å². The molecule has 158 valence electrons. The Morgan fingerprint density at radius 3 is 2.61 bits per heavy atom. The molecule has 1 atom stereocenters. The van der Waals surface area contributed by atoms with Crippen LogP contribution in [0.3, 0.4) is 0 Å². The van der Waals surface area contributed by atoms with Gasteiger partial charge in [0.25, 0.3) is 5.56 Å². The van der Waals surface area contributed by atoms with Crippen LogP contribution in [-0.2, 0) is 13.0 Å². The van der Waals surface area contributed by atoms with Gasteiger partial charge in [-0.1, -0.05) is 43.3 Å². The summed E-state index contributed by atoms with van der Waals surface area (Å²) in [6.07, 6.45) is 3.18. The standard InChI is InChI=1S/C24H26N6O/c1-2-17-10-11-21-19(14-17)15-20(24(31)25-21)22(29-12-6-7-13-29)23-26-27-28-30(23)16-18-8-4-3-5-9-18/h3-5,8-11,14-15,22H,2,6-7,12-13,16H2,1H3,(H,25,31)/t22-/m0/s1. The van der Waals surface area contributed by atoms with Crippen molar-refractivity contribution in [3.63, 3.8) is 0 Å². The normalized spacial score (nSPS) is 15.5. The predicted octanol–water partition coefficient (Wildman–Crippen LogP) is 3.31. The van der Waals surface area contributed by atoms with Crippen molar-refractivity contribution >= 4 is 10.9 Å². The Morgan fingerprint density at radius 2 is 1.84 bits per heavy atom. The summed E-state index contributed by atoms with van der Waals surface area (Å²) in [5, 5.41) is 13.7. The summed E-state index contributed by atoms with van der Waals surface area (Å²) in [6, 6.07) is 18.1. The molecule has 0 radical (unpaired) electrons. The number of nitrogens with zero attached hydrogens (tertiary/aromatic N) is 5. The molecule has 1 saturated heterocycles. The summed E-state index contributed by atoms with van der Waals surface area (Å²) < 4.78 is 1.82. The van der Waals surface area contributed by atoms with E-state index in [1.807, 2.05) is 35.0 Å². The maximum absolute atomic E-state index is 13.2. The third-order valence-electron chi connectivity index (χ3n) is 6.13. The molecule has 0 aliphatic carbocycles. The molecule has 0 bridgehead atoms. The maximum atomic E-state index is 13.2. The van der Waals surface area contributed by atoms with Crippen LogP contribution in [0, 0.1) is 0 Å². The molecule has 0 saturated carbocycles. The minimum atomic E-state index is -0.278. The average Bonchev–Trinajstić information content (AvgIpc) is 3.48. The lowest BCUT2D eigenvalue weighted by Gasteiger charge is -2.26. The van der Waals surface area contributed by atoms with Crippen molar-refractivity contribution in [1.82, 2.24) is 30.1 Å². The molecular weight excluding hydrogens is 388 g/mol. The summed E-state index contributed by atoms with van der Waals surface area (Å²) >= 11 is 0. The summed E-state index contributed by atoms with van der Waals surface area (Å²) in [6.45, 7) is 4.56. The topological polar surface area (TPSA) is 79.7 Å². The monoisotopic (exact) mass is 414 g/mol. The molecule has 2 aromatic carbocycles. The molecule has 1 aliphatic rings. The first kappa shape index (κ1) is 19.6. The summed E-state index contributed by atoms with van der Waals surface area (Å²) in [7, 11) is 0. The van der Waals surface area contributed by atoms with Crippen LogP contribution < -0.4 is 5.56 Å². The van der Waals surface area contributed by atoms with E-state index in [1.54, 1.807) is 0 Å². The third-order valence-corrected chi connectivity index (χ3v) is 6.13. The number of nitrogens with one attached hydrogen (secondary N) is 1. The Labute approximate surface area is 180 Å². The second-order valence-electron chi connectivity index (χ2n) is 8.15. The van der Waals surface area contributed by atoms with E-state index in [0.717, 1.165) is 48.8 Å². The van der Waals surface area contributed by atoms with E-state index in [1.165, 1.54) is 5.56 Å². The molecular formula is C24H26N6O. The number of hydrogen-bond acceptors (Lipinski definition) is 5. The Morgan fingerprint density at radius 1 is 1.03 bits per heavy atom. The van der Waals surface area contributed by atoms with Crippen LogP contribution in [0.1, 0.15) is 48.3 Å². The van der Waals surface area contributed by atoms with Crippen LogP contribution in [0.25, 0.3) is 10.9 Å². The zero-order chi connectivity index (χ0) is 21.2. The highest BCUT2D eigenvalue weighted by Gasteiger charge is 2.32. The van der Waals surface area contributed by atoms with Gasteiger partial charge in [0, 0.05) is 11.1 Å². The van der Waals surface area contributed by atoms with Gasteiger partial charge in [0.2, 0.25) is 0 Å². The van der Waals surface area contributed by atoms with Crippen molar-refractivity contribution in [2.24, 2.45) is 0 Å². The minimum absolute atomic E-state index is 0.0806. The van der Waals surface area contributed by atoms with Gasteiger partial charge >= 0.3 is 0 Å². The van der Waals surface area contributed by atoms with E-state index in [9.17, 15) is 4.79 Å². The number of aromatic amines is 1. The highest BCUT2D eigenvalue weighted by molar-refractivity contribution is 5.80. The van der Waals surface area contributed by atoms with E-state index in [2.05, 4.69) is 56.6 Å². The molecule has 4 aromatic rings. The van der Waals surface area contributed by atoms with E-state index in [-0.39, 0.29) is 11.6 Å². The summed E-state index contributed by atoms with van der Waals surface area (Å²) in [4.78, 5) is 18.6. The number of rotatable bonds is 6. The molecule has 0 spiro atoms. The number of fused-ring (bicyclic) bond motifs is 1. The largest absolute Gasteiger partial charge is 0.322 e. The Bertz CT molecular complexity index is 1240. The first-order chi connectivity index (χ1) is 15.2. The smallest absolute Gasteiger partial charge is 0.253 e. The van der Waals surface area contributed by atoms with Crippen molar-refractivity contribution in [3.05, 3.63) is 87.5 Å². The van der Waals surface area contributed by atoms with Crippen molar-refractivity contribution in [2.45, 2.75) is 38.8 Å². The first-order valence-electron chi connectivity index (χ1n) is 10.9. The molecule has 5 rings (SSSR count). The van der Waals surface area contributed by atoms with E-state index < -0.39 is 0 Å². The van der Waals surface area contributed by atoms with Crippen LogP contribution in [-0.4, -0.2) is 43.2 Å². The first-order valence-corrected chi connectivity index (χ1v) is 10.9. The van der Waals surface area contributed by atoms with Crippen molar-refractivity contribution in [1.29, 1.82) is 0 Å². The van der Waals surface area contributed by atoms with Crippen molar-refractivity contribution in [2.75, 3.05) is 13.1 Å². The Hall–Kier alpha value is -3.32. The number of pyridine rings is 1. The molecule has 31 heavy (non-hydrogen) atoms. The van der Waals surface area contributed by atoms with Crippen LogP contribution >= 0.6 is 0 Å². The highest BCUT2D eigenvalue weighted by atomic mass is 16.1. The van der Waals surface area contributed by atoms with Gasteiger partial charge in [0.1, 0.15) is 6.04 Å². The number of aromatic nitrogens is 5. The number of benzene rings is 2. The SMILES string of the molecule is CCc1ccc2[nH]c(=O)c([C@@H](c3nnnn3Cc3ccccc3)N3CCCC3)cc2c1. The van der Waals surface area contributed by atoms with E-state index in [0.29, 0.717) is 17.9 Å². The fourth-order valence-electron chi connectivity index (χ4n) is 4.47. The van der Waals surface area contributed by atoms with Gasteiger partial charge in [-0.15, -0.1) is 5.10 Å². The van der Waals surface area contributed by atoms with Crippen LogP contribution in [0.4, 0.5) is 0 Å². The van der Waals surface area contributed by atoms with Crippen molar-refractivity contribution < 1.29 is 0 Å². The minimum Gasteiger partial charge on any atom is -0.322 e. The van der Waals surface area contributed by atoms with E-state index in [4.69, 9.17) is 0 Å². The third kappa shape index (κ3) is 3.88. The molecule has 7 heteroatoms. The van der Waals surface area contributed by atoms with Gasteiger partial charge in [0.15, 0.2) is 5.82 Å². The zero-order valence-corrected chi connectivity index (χ0v) is 17.7. The van der Waals surface area contributed by atoms with Gasteiger partial charge < -0.3 is 4.98 Å². The zero-order valence-electron chi connectivity index (χ0n) is 17.7. The molecule has 0 unspecified atom stereocenters. The second-order valence-corrected chi connectivity index (χ2v) is 8.15. The molecule has 1 fully saturated rings. The predicted molar refractivity (Wildman–Crippen MR) is 120 cm³/mol. The Kier molecular flexibility index (Phi) is 5.34. The fraction of sp³-hybridized carbons (Fsp3) is 0.333. The summed E-state index contributed by atoms with van der Waals surface area (Å²) in [5.74, 6) is 0.710. The lowest BCUT2D eigenvalue weighted by atomic mass is 10.0. The van der Waals surface area contributed by atoms with Crippen molar-refractivity contribution in [3.8, 4) is 0 Å². The molecule has 0 amide bonds. The quantitative estimate of drug-likeness (QED) is 0.524. The number of hydrogen-bond donors (Lipinski definition) is 1. The molecule has 1 aliphatic heterocycles. The lowest BCUT2D eigenvalue weighted by Crippen LogP contribution is -2.33.